The van der Waals surface area contributed by atoms with Crippen LogP contribution in [0.25, 0.3) is 0 Å². The third-order valence-corrected chi connectivity index (χ3v) is 6.75. The number of thiophene rings is 1. The summed E-state index contributed by atoms with van der Waals surface area (Å²) in [6.07, 6.45) is 8.68. The van der Waals surface area contributed by atoms with Crippen molar-refractivity contribution in [2.24, 2.45) is 5.92 Å². The minimum Gasteiger partial charge on any atom is -0.351 e. The van der Waals surface area contributed by atoms with E-state index in [0.717, 1.165) is 17.8 Å². The molecule has 0 aromatic carbocycles. The summed E-state index contributed by atoms with van der Waals surface area (Å²) < 4.78 is 0. The highest BCUT2D eigenvalue weighted by Crippen LogP contribution is 2.31. The van der Waals surface area contributed by atoms with E-state index in [-0.39, 0.29) is 5.91 Å². The second-order valence-electron chi connectivity index (χ2n) is 5.68. The van der Waals surface area contributed by atoms with Crippen molar-refractivity contribution in [3.05, 3.63) is 21.4 Å². The Hall–Kier alpha value is -0.350. The number of aryl methyl sites for hydroxylation is 2. The maximum atomic E-state index is 12.2. The second kappa shape index (κ2) is 5.96. The van der Waals surface area contributed by atoms with Crippen LogP contribution in [0.2, 0.25) is 0 Å². The van der Waals surface area contributed by atoms with Gasteiger partial charge in [0, 0.05) is 16.2 Å². The number of hydrogen-bond donors (Lipinski definition) is 1. The molecule has 4 heteroatoms. The van der Waals surface area contributed by atoms with E-state index in [2.05, 4.69) is 27.3 Å². The summed E-state index contributed by atoms with van der Waals surface area (Å²) in [7, 11) is 0. The fraction of sp³-hybridized carbons (Fsp3) is 0.667. The SMILES string of the molecule is O=C(NCC1CCCCC1Br)c1cc2c(s1)CCC2. The van der Waals surface area contributed by atoms with Crippen LogP contribution in [0.5, 0.6) is 0 Å². The lowest BCUT2D eigenvalue weighted by atomic mass is 9.89. The molecule has 0 spiro atoms. The Labute approximate surface area is 127 Å². The standard InChI is InChI=1S/C15H20BrNOS/c16-12-6-2-1-4-11(12)9-17-15(18)14-8-10-5-3-7-13(10)19-14/h8,11-12H,1-7,9H2,(H,17,18). The highest BCUT2D eigenvalue weighted by Gasteiger charge is 2.24. The number of carbonyl (C=O) groups excluding carboxylic acids is 1. The molecular weight excluding hydrogens is 322 g/mol. The van der Waals surface area contributed by atoms with Crippen molar-refractivity contribution in [2.45, 2.75) is 49.8 Å². The van der Waals surface area contributed by atoms with Gasteiger partial charge in [0.2, 0.25) is 0 Å². The number of alkyl halides is 1. The van der Waals surface area contributed by atoms with E-state index in [1.165, 1.54) is 49.0 Å². The topological polar surface area (TPSA) is 29.1 Å². The lowest BCUT2D eigenvalue weighted by molar-refractivity contribution is 0.0948. The highest BCUT2D eigenvalue weighted by atomic mass is 79.9. The van der Waals surface area contributed by atoms with Gasteiger partial charge >= 0.3 is 0 Å². The van der Waals surface area contributed by atoms with E-state index in [1.807, 2.05) is 0 Å². The molecule has 1 N–H and O–H groups in total. The molecule has 0 bridgehead atoms. The van der Waals surface area contributed by atoms with Crippen molar-refractivity contribution in [1.29, 1.82) is 0 Å². The first-order chi connectivity index (χ1) is 9.24. The fourth-order valence-corrected chi connectivity index (χ4v) is 5.09. The molecule has 2 unspecified atom stereocenters. The summed E-state index contributed by atoms with van der Waals surface area (Å²) in [5.74, 6) is 0.731. The van der Waals surface area contributed by atoms with E-state index >= 15 is 0 Å². The summed E-state index contributed by atoms with van der Waals surface area (Å²) in [6.45, 7) is 0.817. The number of fused-ring (bicyclic) bond motifs is 1. The van der Waals surface area contributed by atoms with E-state index in [4.69, 9.17) is 0 Å². The Kier molecular flexibility index (Phi) is 4.27. The van der Waals surface area contributed by atoms with Crippen LogP contribution in [-0.2, 0) is 12.8 Å². The Morgan fingerprint density at radius 3 is 2.95 bits per heavy atom. The van der Waals surface area contributed by atoms with E-state index < -0.39 is 0 Å². The van der Waals surface area contributed by atoms with Crippen molar-refractivity contribution < 1.29 is 4.79 Å². The van der Waals surface area contributed by atoms with E-state index in [1.54, 1.807) is 11.3 Å². The molecule has 2 atom stereocenters. The van der Waals surface area contributed by atoms with Gasteiger partial charge in [-0.1, -0.05) is 28.8 Å². The molecule has 2 aliphatic rings. The molecule has 1 heterocycles. The van der Waals surface area contributed by atoms with Gasteiger partial charge < -0.3 is 5.32 Å². The van der Waals surface area contributed by atoms with E-state index in [0.29, 0.717) is 10.7 Å². The van der Waals surface area contributed by atoms with Gasteiger partial charge in [-0.2, -0.15) is 0 Å². The zero-order chi connectivity index (χ0) is 13.2. The Bertz CT molecular complexity index is 449. The van der Waals surface area contributed by atoms with Crippen LogP contribution in [0.3, 0.4) is 0 Å². The summed E-state index contributed by atoms with van der Waals surface area (Å²) in [6, 6.07) is 2.11. The molecule has 104 valence electrons. The fourth-order valence-electron chi connectivity index (χ4n) is 3.14. The lowest BCUT2D eigenvalue weighted by Crippen LogP contribution is -2.34. The number of carbonyl (C=O) groups is 1. The largest absolute Gasteiger partial charge is 0.351 e. The van der Waals surface area contributed by atoms with Crippen LogP contribution in [0.15, 0.2) is 6.07 Å². The van der Waals surface area contributed by atoms with Gasteiger partial charge in [-0.05, 0) is 49.7 Å². The summed E-state index contributed by atoms with van der Waals surface area (Å²) in [5, 5.41) is 3.13. The van der Waals surface area contributed by atoms with Gasteiger partial charge in [-0.25, -0.2) is 0 Å². The smallest absolute Gasteiger partial charge is 0.261 e. The van der Waals surface area contributed by atoms with Crippen LogP contribution < -0.4 is 5.32 Å². The molecule has 1 fully saturated rings. The maximum Gasteiger partial charge on any atom is 0.261 e. The van der Waals surface area contributed by atoms with Crippen LogP contribution in [0, 0.1) is 5.92 Å². The summed E-state index contributed by atoms with van der Waals surface area (Å²) in [4.78, 5) is 15.1. The quantitative estimate of drug-likeness (QED) is 0.829. The minimum absolute atomic E-state index is 0.129. The minimum atomic E-state index is 0.129. The molecule has 19 heavy (non-hydrogen) atoms. The molecule has 1 amide bonds. The monoisotopic (exact) mass is 341 g/mol. The number of nitrogens with one attached hydrogen (secondary N) is 1. The van der Waals surface area contributed by atoms with Crippen molar-refractivity contribution in [3.63, 3.8) is 0 Å². The van der Waals surface area contributed by atoms with Gasteiger partial charge in [0.25, 0.3) is 5.91 Å². The Morgan fingerprint density at radius 2 is 2.16 bits per heavy atom. The van der Waals surface area contributed by atoms with Crippen LogP contribution in [-0.4, -0.2) is 17.3 Å². The molecule has 1 aromatic rings. The molecule has 2 aliphatic carbocycles. The first kappa shape index (κ1) is 13.6. The zero-order valence-electron chi connectivity index (χ0n) is 11.1. The zero-order valence-corrected chi connectivity index (χ0v) is 13.5. The number of halogens is 1. The molecule has 0 aliphatic heterocycles. The molecule has 2 nitrogen and oxygen atoms in total. The van der Waals surface area contributed by atoms with E-state index in [9.17, 15) is 4.79 Å². The molecule has 1 saturated carbocycles. The number of hydrogen-bond acceptors (Lipinski definition) is 2. The van der Waals surface area contributed by atoms with Crippen LogP contribution in [0.4, 0.5) is 0 Å². The normalized spacial score (nSPS) is 26.2. The average molecular weight is 342 g/mol. The van der Waals surface area contributed by atoms with Crippen molar-refractivity contribution in [1.82, 2.24) is 5.32 Å². The summed E-state index contributed by atoms with van der Waals surface area (Å²) in [5.41, 5.74) is 1.41. The first-order valence-corrected chi connectivity index (χ1v) is 9.01. The number of amides is 1. The van der Waals surface area contributed by atoms with Crippen LogP contribution >= 0.6 is 27.3 Å². The average Bonchev–Trinajstić information content (AvgIpc) is 2.98. The van der Waals surface area contributed by atoms with Gasteiger partial charge in [0.05, 0.1) is 4.88 Å². The van der Waals surface area contributed by atoms with Gasteiger partial charge in [-0.3, -0.25) is 4.79 Å². The van der Waals surface area contributed by atoms with Gasteiger partial charge in [-0.15, -0.1) is 11.3 Å². The second-order valence-corrected chi connectivity index (χ2v) is 8.00. The van der Waals surface area contributed by atoms with Gasteiger partial charge in [0.15, 0.2) is 0 Å². The summed E-state index contributed by atoms with van der Waals surface area (Å²) >= 11 is 5.44. The number of rotatable bonds is 3. The molecule has 0 saturated heterocycles. The Morgan fingerprint density at radius 1 is 1.32 bits per heavy atom. The predicted octanol–water partition coefficient (Wildman–Crippen LogP) is 3.92. The molecule has 0 radical (unpaired) electrons. The molecular formula is C15H20BrNOS. The third kappa shape index (κ3) is 3.05. The van der Waals surface area contributed by atoms with Crippen molar-refractivity contribution in [3.8, 4) is 0 Å². The third-order valence-electron chi connectivity index (χ3n) is 4.31. The Balaban J connectivity index is 1.55. The maximum absolute atomic E-state index is 12.2. The molecule has 3 rings (SSSR count). The van der Waals surface area contributed by atoms with Crippen LogP contribution in [0.1, 0.15) is 52.2 Å². The van der Waals surface area contributed by atoms with Crippen molar-refractivity contribution in [2.75, 3.05) is 6.54 Å². The van der Waals surface area contributed by atoms with Gasteiger partial charge in [0.1, 0.15) is 0 Å². The predicted molar refractivity (Wildman–Crippen MR) is 83.4 cm³/mol. The van der Waals surface area contributed by atoms with Crippen molar-refractivity contribution >= 4 is 33.2 Å². The lowest BCUT2D eigenvalue weighted by Gasteiger charge is -2.27. The molecule has 1 aromatic heterocycles. The first-order valence-electron chi connectivity index (χ1n) is 7.28. The highest BCUT2D eigenvalue weighted by molar-refractivity contribution is 9.09.